The monoisotopic (exact) mass is 471 g/mol. The van der Waals surface area contributed by atoms with E-state index in [0.29, 0.717) is 16.3 Å². The molecule has 1 aromatic heterocycles. The van der Waals surface area contributed by atoms with Crippen LogP contribution >= 0.6 is 23.2 Å². The van der Waals surface area contributed by atoms with Crippen molar-refractivity contribution in [2.24, 2.45) is 0 Å². The van der Waals surface area contributed by atoms with Crippen molar-refractivity contribution in [3.05, 3.63) is 51.3 Å². The van der Waals surface area contributed by atoms with Gasteiger partial charge < -0.3 is 9.47 Å². The van der Waals surface area contributed by atoms with Crippen LogP contribution in [0.4, 0.5) is 0 Å². The Morgan fingerprint density at radius 3 is 2.33 bits per heavy atom. The average molecular weight is 472 g/mol. The van der Waals surface area contributed by atoms with Crippen molar-refractivity contribution in [2.45, 2.75) is 37.7 Å². The number of pyridine rings is 1. The highest BCUT2D eigenvalue weighted by atomic mass is 35.5. The Bertz CT molecular complexity index is 1040. The molecule has 9 heteroatoms. The molecular weight excluding hydrogens is 449 g/mol. The third-order valence-corrected chi connectivity index (χ3v) is 5.74. The first-order valence-electron chi connectivity index (χ1n) is 9.40. The van der Waals surface area contributed by atoms with Gasteiger partial charge >= 0.3 is 0 Å². The Hall–Kier alpha value is -1.80. The largest absolute Gasteiger partial charge is 0.493 e. The molecule has 1 N–H and O–H groups in total. The summed E-state index contributed by atoms with van der Waals surface area (Å²) >= 11 is 12.4. The molecule has 0 saturated heterocycles. The van der Waals surface area contributed by atoms with E-state index >= 15 is 0 Å². The summed E-state index contributed by atoms with van der Waals surface area (Å²) in [5.41, 5.74) is 3.05. The van der Waals surface area contributed by atoms with E-state index in [1.54, 1.807) is 19.5 Å². The topological polar surface area (TPSA) is 85.7 Å². The van der Waals surface area contributed by atoms with E-state index in [-0.39, 0.29) is 5.60 Å². The fourth-order valence-corrected chi connectivity index (χ4v) is 4.35. The van der Waals surface area contributed by atoms with E-state index < -0.39 is 10.1 Å². The van der Waals surface area contributed by atoms with Crippen molar-refractivity contribution < 1.29 is 22.4 Å². The molecular formula is C21H23Cl2NO5S. The molecule has 0 radical (unpaired) electrons. The molecule has 1 aromatic carbocycles. The van der Waals surface area contributed by atoms with E-state index in [2.05, 4.69) is 11.1 Å². The lowest BCUT2D eigenvalue weighted by atomic mass is 9.92. The van der Waals surface area contributed by atoms with Gasteiger partial charge in [0.25, 0.3) is 10.1 Å². The number of aromatic nitrogens is 1. The van der Waals surface area contributed by atoms with Gasteiger partial charge in [-0.15, -0.1) is 0 Å². The van der Waals surface area contributed by atoms with Crippen LogP contribution < -0.4 is 9.47 Å². The molecule has 6 nitrogen and oxygen atoms in total. The zero-order valence-corrected chi connectivity index (χ0v) is 19.0. The molecule has 2 aliphatic rings. The highest BCUT2D eigenvalue weighted by molar-refractivity contribution is 7.85. The summed E-state index contributed by atoms with van der Waals surface area (Å²) in [7, 11) is -1.98. The number of ether oxygens (including phenoxy) is 2. The van der Waals surface area contributed by atoms with Crippen LogP contribution in [0.25, 0.3) is 12.2 Å². The fraction of sp³-hybridized carbons (Fsp3) is 0.381. The summed E-state index contributed by atoms with van der Waals surface area (Å²) < 4.78 is 37.8. The van der Waals surface area contributed by atoms with Crippen LogP contribution in [-0.2, 0) is 16.5 Å². The Balaban J connectivity index is 0.000000461. The molecule has 1 spiro atoms. The zero-order chi connectivity index (χ0) is 21.9. The maximum Gasteiger partial charge on any atom is 0.261 e. The maximum atomic E-state index is 9.19. The third-order valence-electron chi connectivity index (χ3n) is 5.13. The second-order valence-electron chi connectivity index (χ2n) is 7.42. The highest BCUT2D eigenvalue weighted by Gasteiger charge is 2.43. The van der Waals surface area contributed by atoms with Gasteiger partial charge in [-0.05, 0) is 37.3 Å². The minimum Gasteiger partial charge on any atom is -0.493 e. The number of hydrogen-bond donors (Lipinski definition) is 1. The Labute approximate surface area is 186 Å². The Morgan fingerprint density at radius 2 is 1.77 bits per heavy atom. The van der Waals surface area contributed by atoms with Gasteiger partial charge in [-0.1, -0.05) is 41.4 Å². The Kier molecular flexibility index (Phi) is 6.97. The van der Waals surface area contributed by atoms with Crippen molar-refractivity contribution in [3.8, 4) is 11.5 Å². The third kappa shape index (κ3) is 5.46. The smallest absolute Gasteiger partial charge is 0.261 e. The van der Waals surface area contributed by atoms with E-state index in [1.165, 1.54) is 18.4 Å². The van der Waals surface area contributed by atoms with Crippen molar-refractivity contribution in [2.75, 3.05) is 13.4 Å². The molecule has 0 atom stereocenters. The van der Waals surface area contributed by atoms with Gasteiger partial charge in [-0.3, -0.25) is 9.54 Å². The Morgan fingerprint density at radius 1 is 1.17 bits per heavy atom. The lowest BCUT2D eigenvalue weighted by molar-refractivity contribution is 0.0996. The maximum absolute atomic E-state index is 9.19. The number of rotatable bonds is 3. The number of nitrogens with zero attached hydrogens (tertiary/aromatic N) is 1. The molecule has 30 heavy (non-hydrogen) atoms. The van der Waals surface area contributed by atoms with Gasteiger partial charge in [-0.2, -0.15) is 8.42 Å². The minimum atomic E-state index is -3.67. The van der Waals surface area contributed by atoms with E-state index in [9.17, 15) is 8.42 Å². The number of methoxy groups -OCH3 is 1. The second kappa shape index (κ2) is 9.14. The summed E-state index contributed by atoms with van der Waals surface area (Å²) in [5, 5.41) is 1.08. The van der Waals surface area contributed by atoms with Crippen LogP contribution in [0.15, 0.2) is 24.5 Å². The molecule has 0 amide bonds. The number of fused-ring (bicyclic) bond motifs is 1. The van der Waals surface area contributed by atoms with Gasteiger partial charge in [0, 0.05) is 29.9 Å². The van der Waals surface area contributed by atoms with Crippen molar-refractivity contribution in [1.29, 1.82) is 0 Å². The SMILES string of the molecule is COc1ccc(/C=C/c2c(Cl)cncc2Cl)c2c1OC1(CCCC1)C2.CS(=O)(=O)O. The summed E-state index contributed by atoms with van der Waals surface area (Å²) in [6.45, 7) is 0. The molecule has 162 valence electrons. The predicted molar refractivity (Wildman–Crippen MR) is 119 cm³/mol. The molecule has 0 bridgehead atoms. The summed E-state index contributed by atoms with van der Waals surface area (Å²) in [5.74, 6) is 1.69. The van der Waals surface area contributed by atoms with Crippen LogP contribution in [0.2, 0.25) is 10.0 Å². The first-order valence-corrected chi connectivity index (χ1v) is 12.0. The van der Waals surface area contributed by atoms with Crippen molar-refractivity contribution in [3.63, 3.8) is 0 Å². The van der Waals surface area contributed by atoms with E-state index in [1.807, 2.05) is 18.2 Å². The first-order chi connectivity index (χ1) is 14.1. The fourth-order valence-electron chi connectivity index (χ4n) is 3.86. The van der Waals surface area contributed by atoms with E-state index in [4.69, 9.17) is 37.2 Å². The number of benzene rings is 1. The van der Waals surface area contributed by atoms with Crippen LogP contribution in [0.5, 0.6) is 11.5 Å². The van der Waals surface area contributed by atoms with E-state index in [0.717, 1.165) is 41.9 Å². The van der Waals surface area contributed by atoms with Crippen molar-refractivity contribution in [1.82, 2.24) is 4.98 Å². The standard InChI is InChI=1S/C20H19Cl2NO2.CH4O3S/c1-24-18-7-5-13(4-6-14-16(21)11-23-12-17(14)22)15-10-20(25-19(15)18)8-2-3-9-20;1-5(2,3)4/h4-7,11-12H,2-3,8-10H2,1H3;1H3,(H,2,3,4)/b6-4+;. The molecule has 1 aliphatic carbocycles. The highest BCUT2D eigenvalue weighted by Crippen LogP contribution is 2.49. The normalized spacial score (nSPS) is 16.8. The summed E-state index contributed by atoms with van der Waals surface area (Å²) in [6.07, 6.45) is 13.5. The van der Waals surface area contributed by atoms with Gasteiger partial charge in [0.05, 0.1) is 23.4 Å². The van der Waals surface area contributed by atoms with Gasteiger partial charge in [0.2, 0.25) is 0 Å². The molecule has 0 unspecified atom stereocenters. The molecule has 1 saturated carbocycles. The van der Waals surface area contributed by atoms with Crippen molar-refractivity contribution >= 4 is 45.5 Å². The molecule has 1 aliphatic heterocycles. The van der Waals surface area contributed by atoms with Gasteiger partial charge in [0.1, 0.15) is 5.60 Å². The number of hydrogen-bond acceptors (Lipinski definition) is 5. The first kappa shape index (κ1) is 22.9. The second-order valence-corrected chi connectivity index (χ2v) is 9.70. The van der Waals surface area contributed by atoms with Crippen LogP contribution in [-0.4, -0.2) is 36.9 Å². The molecule has 2 aromatic rings. The summed E-state index contributed by atoms with van der Waals surface area (Å²) in [6, 6.07) is 4.02. The summed E-state index contributed by atoms with van der Waals surface area (Å²) in [4.78, 5) is 3.99. The molecule has 2 heterocycles. The van der Waals surface area contributed by atoms with Gasteiger partial charge in [-0.25, -0.2) is 0 Å². The predicted octanol–water partition coefficient (Wildman–Crippen LogP) is 5.32. The zero-order valence-electron chi connectivity index (χ0n) is 16.7. The lowest BCUT2D eigenvalue weighted by Crippen LogP contribution is -2.30. The molecule has 1 fully saturated rings. The van der Waals surface area contributed by atoms with Gasteiger partial charge in [0.15, 0.2) is 11.5 Å². The van der Waals surface area contributed by atoms with Crippen LogP contribution in [0, 0.1) is 0 Å². The minimum absolute atomic E-state index is 0.0501. The quantitative estimate of drug-likeness (QED) is 0.609. The van der Waals surface area contributed by atoms with Crippen LogP contribution in [0.1, 0.15) is 42.4 Å². The number of halogens is 2. The lowest BCUT2D eigenvalue weighted by Gasteiger charge is -2.22. The molecule has 4 rings (SSSR count). The van der Waals surface area contributed by atoms with Crippen LogP contribution in [0.3, 0.4) is 0 Å². The average Bonchev–Trinajstić information content (AvgIpc) is 3.27.